The number of hydrazine groups is 1. The number of carbonyl (C=O) groups excluding carboxylic acids is 3. The molecule has 1 heterocycles. The number of nitrogens with zero attached hydrogens (tertiary/aromatic N) is 1. The van der Waals surface area contributed by atoms with Gasteiger partial charge in [-0.15, -0.1) is 0 Å². The van der Waals surface area contributed by atoms with E-state index in [1.54, 1.807) is 19.1 Å². The van der Waals surface area contributed by atoms with Crippen molar-refractivity contribution in [3.05, 3.63) is 57.8 Å². The highest BCUT2D eigenvalue weighted by Gasteiger charge is 2.34. The predicted octanol–water partition coefficient (Wildman–Crippen LogP) is 3.37. The van der Waals surface area contributed by atoms with Crippen LogP contribution in [0.2, 0.25) is 0 Å². The molecular weight excluding hydrogens is 447 g/mol. The smallest absolute Gasteiger partial charge is 0.308 e. The lowest BCUT2D eigenvalue weighted by atomic mass is 10.1. The fraction of sp³-hybridized carbons (Fsp3) is 0.150. The minimum Gasteiger partial charge on any atom is -0.490 e. The van der Waals surface area contributed by atoms with Crippen molar-refractivity contribution < 1.29 is 28.2 Å². The summed E-state index contributed by atoms with van der Waals surface area (Å²) >= 11 is 3.31. The summed E-state index contributed by atoms with van der Waals surface area (Å²) < 4.78 is 24.2. The van der Waals surface area contributed by atoms with Gasteiger partial charge in [-0.1, -0.05) is 0 Å². The summed E-state index contributed by atoms with van der Waals surface area (Å²) in [6.07, 6.45) is 1.39. The van der Waals surface area contributed by atoms with Gasteiger partial charge in [0.05, 0.1) is 16.8 Å². The molecule has 3 rings (SSSR count). The molecule has 1 fully saturated rings. The van der Waals surface area contributed by atoms with Gasteiger partial charge < -0.3 is 9.47 Å². The van der Waals surface area contributed by atoms with Gasteiger partial charge in [-0.2, -0.15) is 0 Å². The number of carbonyl (C=O) groups is 3. The summed E-state index contributed by atoms with van der Waals surface area (Å²) in [6.45, 7) is 3.35. The molecule has 0 bridgehead atoms. The SMILES string of the molecule is CCOc1cc(C=C2C(=O)NN(c3ccc(F)cc3)C2=O)cc(Br)c1OC(C)=O. The van der Waals surface area contributed by atoms with Gasteiger partial charge in [-0.3, -0.25) is 19.8 Å². The highest BCUT2D eigenvalue weighted by Crippen LogP contribution is 2.38. The molecule has 0 radical (unpaired) electrons. The van der Waals surface area contributed by atoms with Crippen LogP contribution in [-0.2, 0) is 14.4 Å². The van der Waals surface area contributed by atoms with Crippen molar-refractivity contribution in [1.29, 1.82) is 0 Å². The van der Waals surface area contributed by atoms with Crippen LogP contribution in [0.4, 0.5) is 10.1 Å². The van der Waals surface area contributed by atoms with E-state index in [2.05, 4.69) is 21.4 Å². The monoisotopic (exact) mass is 462 g/mol. The molecule has 2 aromatic carbocycles. The largest absolute Gasteiger partial charge is 0.490 e. The predicted molar refractivity (Wildman–Crippen MR) is 107 cm³/mol. The topological polar surface area (TPSA) is 84.9 Å². The summed E-state index contributed by atoms with van der Waals surface area (Å²) in [4.78, 5) is 36.3. The summed E-state index contributed by atoms with van der Waals surface area (Å²) in [5.74, 6) is -1.67. The zero-order chi connectivity index (χ0) is 21.1. The molecule has 1 saturated heterocycles. The first-order chi connectivity index (χ1) is 13.8. The van der Waals surface area contributed by atoms with Crippen LogP contribution in [0, 0.1) is 5.82 Å². The first kappa shape index (κ1) is 20.5. The Labute approximate surface area is 174 Å². The summed E-state index contributed by atoms with van der Waals surface area (Å²) in [5.41, 5.74) is 3.15. The van der Waals surface area contributed by atoms with E-state index in [1.807, 2.05) is 0 Å². The maximum Gasteiger partial charge on any atom is 0.308 e. The van der Waals surface area contributed by atoms with E-state index in [9.17, 15) is 18.8 Å². The van der Waals surface area contributed by atoms with Crippen molar-refractivity contribution in [1.82, 2.24) is 5.43 Å². The van der Waals surface area contributed by atoms with Crippen LogP contribution in [0.1, 0.15) is 19.4 Å². The minimum absolute atomic E-state index is 0.107. The number of benzene rings is 2. The Morgan fingerprint density at radius 3 is 2.55 bits per heavy atom. The molecule has 0 aromatic heterocycles. The minimum atomic E-state index is -0.600. The Kier molecular flexibility index (Phi) is 5.97. The lowest BCUT2D eigenvalue weighted by molar-refractivity contribution is -0.132. The van der Waals surface area contributed by atoms with Crippen LogP contribution in [0.3, 0.4) is 0 Å². The molecule has 1 N–H and O–H groups in total. The lowest BCUT2D eigenvalue weighted by Gasteiger charge is -2.14. The molecule has 0 saturated carbocycles. The highest BCUT2D eigenvalue weighted by atomic mass is 79.9. The number of nitrogens with one attached hydrogen (secondary N) is 1. The molecule has 150 valence electrons. The first-order valence-corrected chi connectivity index (χ1v) is 9.37. The normalized spacial score (nSPS) is 14.9. The molecule has 29 heavy (non-hydrogen) atoms. The first-order valence-electron chi connectivity index (χ1n) is 8.57. The Morgan fingerprint density at radius 2 is 1.93 bits per heavy atom. The van der Waals surface area contributed by atoms with Gasteiger partial charge in [0.2, 0.25) is 0 Å². The van der Waals surface area contributed by atoms with Crippen molar-refractivity contribution in [2.24, 2.45) is 0 Å². The van der Waals surface area contributed by atoms with Gasteiger partial charge in [-0.25, -0.2) is 9.40 Å². The second-order valence-electron chi connectivity index (χ2n) is 5.97. The Hall–Kier alpha value is -3.20. The van der Waals surface area contributed by atoms with Crippen molar-refractivity contribution in [3.8, 4) is 11.5 Å². The molecule has 1 aliphatic rings. The molecule has 1 aliphatic heterocycles. The van der Waals surface area contributed by atoms with Gasteiger partial charge in [0.25, 0.3) is 11.8 Å². The lowest BCUT2D eigenvalue weighted by Crippen LogP contribution is -2.35. The second kappa shape index (κ2) is 8.44. The third kappa shape index (κ3) is 4.45. The number of rotatable bonds is 5. The molecule has 7 nitrogen and oxygen atoms in total. The summed E-state index contributed by atoms with van der Waals surface area (Å²) in [7, 11) is 0. The molecule has 2 aromatic rings. The van der Waals surface area contributed by atoms with Crippen LogP contribution in [-0.4, -0.2) is 24.4 Å². The Morgan fingerprint density at radius 1 is 1.24 bits per heavy atom. The van der Waals surface area contributed by atoms with Crippen LogP contribution < -0.4 is 19.9 Å². The number of ether oxygens (including phenoxy) is 2. The zero-order valence-corrected chi connectivity index (χ0v) is 17.1. The molecule has 0 aliphatic carbocycles. The van der Waals surface area contributed by atoms with Gasteiger partial charge in [0, 0.05) is 6.92 Å². The van der Waals surface area contributed by atoms with E-state index in [-0.39, 0.29) is 17.1 Å². The fourth-order valence-electron chi connectivity index (χ4n) is 2.67. The maximum absolute atomic E-state index is 13.1. The highest BCUT2D eigenvalue weighted by molar-refractivity contribution is 9.10. The average molecular weight is 463 g/mol. The zero-order valence-electron chi connectivity index (χ0n) is 15.5. The summed E-state index contributed by atoms with van der Waals surface area (Å²) in [5, 5.41) is 1.04. The fourth-order valence-corrected chi connectivity index (χ4v) is 3.21. The number of anilines is 1. The van der Waals surface area contributed by atoms with Crippen molar-refractivity contribution >= 4 is 45.5 Å². The standard InChI is InChI=1S/C20H16BrFN2O5/c1-3-28-17-10-12(9-16(21)18(17)29-11(2)25)8-15-19(26)23-24(20(15)27)14-6-4-13(22)5-7-14/h4-10H,3H2,1-2H3,(H,23,26). The number of hydrogen-bond donors (Lipinski definition) is 1. The average Bonchev–Trinajstić information content (AvgIpc) is 2.93. The quantitative estimate of drug-likeness (QED) is 0.318. The third-order valence-electron chi connectivity index (χ3n) is 3.86. The molecule has 2 amide bonds. The van der Waals surface area contributed by atoms with Crippen molar-refractivity contribution in [3.63, 3.8) is 0 Å². The van der Waals surface area contributed by atoms with Crippen LogP contribution in [0.15, 0.2) is 46.4 Å². The van der Waals surface area contributed by atoms with Crippen molar-refractivity contribution in [2.75, 3.05) is 11.6 Å². The van der Waals surface area contributed by atoms with E-state index in [4.69, 9.17) is 9.47 Å². The van der Waals surface area contributed by atoms with E-state index < -0.39 is 23.6 Å². The molecule has 9 heteroatoms. The Balaban J connectivity index is 1.96. The number of halogens is 2. The van der Waals surface area contributed by atoms with Crippen LogP contribution in [0.25, 0.3) is 6.08 Å². The van der Waals surface area contributed by atoms with Gasteiger partial charge >= 0.3 is 5.97 Å². The second-order valence-corrected chi connectivity index (χ2v) is 6.83. The van der Waals surface area contributed by atoms with Crippen LogP contribution in [0.5, 0.6) is 11.5 Å². The van der Waals surface area contributed by atoms with Gasteiger partial charge in [-0.05, 0) is 70.9 Å². The van der Waals surface area contributed by atoms with Crippen molar-refractivity contribution in [2.45, 2.75) is 13.8 Å². The van der Waals surface area contributed by atoms with E-state index in [0.29, 0.717) is 22.3 Å². The number of hydrogen-bond acceptors (Lipinski definition) is 5. The van der Waals surface area contributed by atoms with Crippen LogP contribution >= 0.6 is 15.9 Å². The Bertz CT molecular complexity index is 1020. The molecule has 0 unspecified atom stereocenters. The molecule has 0 atom stereocenters. The van der Waals surface area contributed by atoms with Gasteiger partial charge in [0.15, 0.2) is 11.5 Å². The maximum atomic E-state index is 13.1. The van der Waals surface area contributed by atoms with E-state index >= 15 is 0 Å². The molecular formula is C20H16BrFN2O5. The summed E-state index contributed by atoms with van der Waals surface area (Å²) in [6, 6.07) is 8.29. The third-order valence-corrected chi connectivity index (χ3v) is 4.45. The van der Waals surface area contributed by atoms with E-state index in [1.165, 1.54) is 37.3 Å². The van der Waals surface area contributed by atoms with E-state index in [0.717, 1.165) is 5.01 Å². The number of amides is 2. The number of esters is 1. The molecule has 0 spiro atoms. The van der Waals surface area contributed by atoms with Gasteiger partial charge in [0.1, 0.15) is 11.4 Å².